The van der Waals surface area contributed by atoms with Crippen LogP contribution in [0.2, 0.25) is 0 Å². The van der Waals surface area contributed by atoms with Gasteiger partial charge in [0, 0.05) is 38.0 Å². The molecule has 5 heteroatoms. The molecule has 2 atom stereocenters. The molecule has 3 aliphatic rings. The monoisotopic (exact) mass is 307 g/mol. The molecule has 2 unspecified atom stereocenters. The number of nitrogens with zero attached hydrogens (tertiary/aromatic N) is 1. The Bertz CT molecular complexity index is 418. The van der Waals surface area contributed by atoms with Gasteiger partial charge in [-0.15, -0.1) is 0 Å². The van der Waals surface area contributed by atoms with Crippen molar-refractivity contribution in [1.82, 2.24) is 10.2 Å². The molecule has 2 saturated carbocycles. The number of fused-ring (bicyclic) bond motifs is 2. The fourth-order valence-electron chi connectivity index (χ4n) is 4.76. The molecule has 0 aromatic rings. The number of amides is 2. The summed E-state index contributed by atoms with van der Waals surface area (Å²) in [6.45, 7) is 3.04. The van der Waals surface area contributed by atoms with Crippen LogP contribution in [0.5, 0.6) is 0 Å². The largest absolute Gasteiger partial charge is 0.353 e. The zero-order valence-electron chi connectivity index (χ0n) is 13.6. The molecule has 1 saturated heterocycles. The topological polar surface area (TPSA) is 75.4 Å². The zero-order chi connectivity index (χ0) is 15.7. The summed E-state index contributed by atoms with van der Waals surface area (Å²) in [7, 11) is 0. The molecule has 2 aliphatic carbocycles. The van der Waals surface area contributed by atoms with Crippen molar-refractivity contribution in [2.24, 2.45) is 23.5 Å². The van der Waals surface area contributed by atoms with E-state index in [4.69, 9.17) is 5.73 Å². The van der Waals surface area contributed by atoms with Gasteiger partial charge in [0.1, 0.15) is 0 Å². The SMILES string of the molecule is CC(=O)N1CCC(C(=O)NC2C3CCCC2CC(N)C3)CC1. The van der Waals surface area contributed by atoms with Crippen molar-refractivity contribution < 1.29 is 9.59 Å². The quantitative estimate of drug-likeness (QED) is 0.806. The Hall–Kier alpha value is -1.10. The van der Waals surface area contributed by atoms with Crippen LogP contribution >= 0.6 is 0 Å². The van der Waals surface area contributed by atoms with E-state index >= 15 is 0 Å². The first kappa shape index (κ1) is 15.8. The van der Waals surface area contributed by atoms with E-state index in [1.165, 1.54) is 19.3 Å². The van der Waals surface area contributed by atoms with E-state index in [2.05, 4.69) is 5.32 Å². The second-order valence-corrected chi connectivity index (χ2v) is 7.50. The fraction of sp³-hybridized carbons (Fsp3) is 0.882. The van der Waals surface area contributed by atoms with Crippen molar-refractivity contribution >= 4 is 11.8 Å². The molecule has 3 fully saturated rings. The van der Waals surface area contributed by atoms with Crippen LogP contribution in [0.4, 0.5) is 0 Å². The van der Waals surface area contributed by atoms with Crippen LogP contribution in [0.1, 0.15) is 51.9 Å². The number of likely N-dealkylation sites (tertiary alicyclic amines) is 1. The lowest BCUT2D eigenvalue weighted by Gasteiger charge is -2.45. The minimum atomic E-state index is 0.0759. The van der Waals surface area contributed by atoms with Crippen LogP contribution in [-0.2, 0) is 9.59 Å². The Balaban J connectivity index is 1.55. The molecule has 5 nitrogen and oxygen atoms in total. The van der Waals surface area contributed by atoms with Gasteiger partial charge in [-0.2, -0.15) is 0 Å². The number of carbonyl (C=O) groups is 2. The molecular formula is C17H29N3O2. The van der Waals surface area contributed by atoms with Crippen LogP contribution in [0.15, 0.2) is 0 Å². The molecule has 2 bridgehead atoms. The molecular weight excluding hydrogens is 278 g/mol. The summed E-state index contributed by atoms with van der Waals surface area (Å²) in [5.41, 5.74) is 6.15. The fourth-order valence-corrected chi connectivity index (χ4v) is 4.76. The molecule has 3 rings (SSSR count). The van der Waals surface area contributed by atoms with Crippen molar-refractivity contribution in [3.63, 3.8) is 0 Å². The van der Waals surface area contributed by atoms with Gasteiger partial charge in [0.05, 0.1) is 0 Å². The van der Waals surface area contributed by atoms with Gasteiger partial charge in [-0.25, -0.2) is 0 Å². The van der Waals surface area contributed by atoms with Crippen molar-refractivity contribution in [1.29, 1.82) is 0 Å². The summed E-state index contributed by atoms with van der Waals surface area (Å²) in [6.07, 6.45) is 7.41. The zero-order valence-corrected chi connectivity index (χ0v) is 13.6. The maximum atomic E-state index is 12.6. The molecule has 0 aromatic heterocycles. The molecule has 22 heavy (non-hydrogen) atoms. The second kappa shape index (κ2) is 6.57. The smallest absolute Gasteiger partial charge is 0.223 e. The van der Waals surface area contributed by atoms with Gasteiger partial charge >= 0.3 is 0 Å². The van der Waals surface area contributed by atoms with Crippen LogP contribution in [0, 0.1) is 17.8 Å². The highest BCUT2D eigenvalue weighted by molar-refractivity contribution is 5.80. The van der Waals surface area contributed by atoms with E-state index in [-0.39, 0.29) is 17.7 Å². The Labute approximate surface area is 133 Å². The molecule has 1 aliphatic heterocycles. The second-order valence-electron chi connectivity index (χ2n) is 7.50. The van der Waals surface area contributed by atoms with E-state index < -0.39 is 0 Å². The lowest BCUT2D eigenvalue weighted by molar-refractivity contribution is -0.134. The number of nitrogens with one attached hydrogen (secondary N) is 1. The van der Waals surface area contributed by atoms with Crippen LogP contribution in [0.25, 0.3) is 0 Å². The number of nitrogens with two attached hydrogens (primary N) is 1. The van der Waals surface area contributed by atoms with Crippen molar-refractivity contribution in [2.75, 3.05) is 13.1 Å². The van der Waals surface area contributed by atoms with Gasteiger partial charge in [0.25, 0.3) is 0 Å². The normalized spacial score (nSPS) is 36.0. The third-order valence-electron chi connectivity index (χ3n) is 6.00. The lowest BCUT2D eigenvalue weighted by Crippen LogP contribution is -2.55. The van der Waals surface area contributed by atoms with E-state index in [1.807, 2.05) is 4.90 Å². The average Bonchev–Trinajstić information content (AvgIpc) is 2.48. The predicted octanol–water partition coefficient (Wildman–Crippen LogP) is 1.27. The van der Waals surface area contributed by atoms with Crippen LogP contribution < -0.4 is 11.1 Å². The number of piperidine rings is 1. The standard InChI is InChI=1S/C17H29N3O2/c1-11(21)20-7-5-12(6-8-20)17(22)19-16-13-3-2-4-14(16)10-15(18)9-13/h12-16H,2-10,18H2,1H3,(H,19,22). The van der Waals surface area contributed by atoms with Crippen LogP contribution in [-0.4, -0.2) is 41.9 Å². The highest BCUT2D eigenvalue weighted by atomic mass is 16.2. The molecule has 1 heterocycles. The molecule has 124 valence electrons. The molecule has 0 spiro atoms. The minimum absolute atomic E-state index is 0.0759. The summed E-state index contributed by atoms with van der Waals surface area (Å²) in [4.78, 5) is 25.8. The first-order valence-electron chi connectivity index (χ1n) is 8.86. The van der Waals surface area contributed by atoms with Crippen molar-refractivity contribution in [3.8, 4) is 0 Å². The lowest BCUT2D eigenvalue weighted by atomic mass is 9.67. The number of hydrogen-bond acceptors (Lipinski definition) is 3. The van der Waals surface area contributed by atoms with Gasteiger partial charge in [-0.1, -0.05) is 6.42 Å². The summed E-state index contributed by atoms with van der Waals surface area (Å²) in [5.74, 6) is 1.55. The Morgan fingerprint density at radius 2 is 1.64 bits per heavy atom. The average molecular weight is 307 g/mol. The highest BCUT2D eigenvalue weighted by Crippen LogP contribution is 2.39. The van der Waals surface area contributed by atoms with E-state index in [0.717, 1.165) is 38.8 Å². The van der Waals surface area contributed by atoms with Crippen molar-refractivity contribution in [2.45, 2.75) is 64.0 Å². The number of hydrogen-bond donors (Lipinski definition) is 2. The van der Waals surface area contributed by atoms with Gasteiger partial charge in [0.15, 0.2) is 0 Å². The first-order chi connectivity index (χ1) is 10.5. The minimum Gasteiger partial charge on any atom is -0.353 e. The van der Waals surface area contributed by atoms with Gasteiger partial charge in [-0.05, 0) is 50.4 Å². The summed E-state index contributed by atoms with van der Waals surface area (Å²) in [5, 5.41) is 3.36. The molecule has 2 amide bonds. The van der Waals surface area contributed by atoms with Crippen molar-refractivity contribution in [3.05, 3.63) is 0 Å². The summed E-state index contributed by atoms with van der Waals surface area (Å²) >= 11 is 0. The molecule has 3 N–H and O–H groups in total. The Kier molecular flexibility index (Phi) is 4.71. The first-order valence-corrected chi connectivity index (χ1v) is 8.86. The Morgan fingerprint density at radius 3 is 2.18 bits per heavy atom. The third-order valence-corrected chi connectivity index (χ3v) is 6.00. The van der Waals surface area contributed by atoms with Gasteiger partial charge in [-0.3, -0.25) is 9.59 Å². The van der Waals surface area contributed by atoms with E-state index in [1.54, 1.807) is 6.92 Å². The van der Waals surface area contributed by atoms with E-state index in [9.17, 15) is 9.59 Å². The predicted molar refractivity (Wildman–Crippen MR) is 84.9 cm³/mol. The van der Waals surface area contributed by atoms with E-state index in [0.29, 0.717) is 23.9 Å². The number of rotatable bonds is 2. The maximum Gasteiger partial charge on any atom is 0.223 e. The summed E-state index contributed by atoms with van der Waals surface area (Å²) in [6, 6.07) is 0.661. The summed E-state index contributed by atoms with van der Waals surface area (Å²) < 4.78 is 0. The van der Waals surface area contributed by atoms with Gasteiger partial charge < -0.3 is 16.0 Å². The Morgan fingerprint density at radius 1 is 1.05 bits per heavy atom. The number of carbonyl (C=O) groups excluding carboxylic acids is 2. The third kappa shape index (κ3) is 3.29. The van der Waals surface area contributed by atoms with Gasteiger partial charge in [0.2, 0.25) is 11.8 Å². The van der Waals surface area contributed by atoms with Crippen LogP contribution in [0.3, 0.4) is 0 Å². The molecule has 0 aromatic carbocycles. The highest BCUT2D eigenvalue weighted by Gasteiger charge is 2.40. The maximum absolute atomic E-state index is 12.6. The molecule has 0 radical (unpaired) electrons.